The fraction of sp³-hybridized carbons (Fsp3) is 0.160. The Kier molecular flexibility index (Phi) is 7.56. The number of hydrazine groups is 3. The molecule has 2 aliphatic rings. The second-order valence-electron chi connectivity index (χ2n) is 7.22. The van der Waals surface area contributed by atoms with Crippen molar-refractivity contribution in [3.05, 3.63) is 114 Å². The molecule has 0 spiro atoms. The maximum atomic E-state index is 10.8. The van der Waals surface area contributed by atoms with E-state index in [0.717, 1.165) is 35.8 Å². The van der Waals surface area contributed by atoms with E-state index < -0.39 is 5.97 Å². The van der Waals surface area contributed by atoms with Gasteiger partial charge >= 0.3 is 5.97 Å². The minimum atomic E-state index is -0.951. The third-order valence-electron chi connectivity index (χ3n) is 5.25. The van der Waals surface area contributed by atoms with E-state index >= 15 is 0 Å². The van der Waals surface area contributed by atoms with Crippen molar-refractivity contribution < 1.29 is 9.90 Å². The number of carboxylic acid groups (broad SMARTS) is 1. The van der Waals surface area contributed by atoms with Gasteiger partial charge in [0.2, 0.25) is 0 Å². The van der Waals surface area contributed by atoms with Gasteiger partial charge in [-0.15, -0.1) is 0 Å². The number of aliphatic carboxylic acids is 1. The van der Waals surface area contributed by atoms with Gasteiger partial charge < -0.3 is 5.11 Å². The summed E-state index contributed by atoms with van der Waals surface area (Å²) in [5.74, 6) is 4.65. The third kappa shape index (κ3) is 5.58. The van der Waals surface area contributed by atoms with Gasteiger partial charge in [-0.1, -0.05) is 68.1 Å². The van der Waals surface area contributed by atoms with Gasteiger partial charge in [0.15, 0.2) is 0 Å². The molecule has 0 fully saturated rings. The number of hydrogen-bond donors (Lipinski definition) is 4. The van der Waals surface area contributed by atoms with Crippen LogP contribution < -0.4 is 16.9 Å². The number of rotatable bonds is 8. The Labute approximate surface area is 183 Å². The minimum Gasteiger partial charge on any atom is -0.478 e. The summed E-state index contributed by atoms with van der Waals surface area (Å²) in [4.78, 5) is 10.8. The predicted octanol–water partition coefficient (Wildman–Crippen LogP) is 4.15. The van der Waals surface area contributed by atoms with Crippen molar-refractivity contribution in [3.8, 4) is 0 Å². The SMILES string of the molecule is C=C1C=CC(/C(=C(\CC)c2ccccc2)C2C=CC(/C=C/C(=O)O)=CC2)=CN1NNN. The van der Waals surface area contributed by atoms with Crippen LogP contribution in [0.2, 0.25) is 0 Å². The van der Waals surface area contributed by atoms with Crippen molar-refractivity contribution in [1.82, 2.24) is 16.1 Å². The summed E-state index contributed by atoms with van der Waals surface area (Å²) in [7, 11) is 0. The molecule has 6 heteroatoms. The molecule has 160 valence electrons. The first-order valence-corrected chi connectivity index (χ1v) is 10.2. The first-order valence-electron chi connectivity index (χ1n) is 10.2. The van der Waals surface area contributed by atoms with Crippen molar-refractivity contribution >= 4 is 11.5 Å². The van der Waals surface area contributed by atoms with Crippen LogP contribution in [0.15, 0.2) is 108 Å². The molecule has 0 saturated carbocycles. The summed E-state index contributed by atoms with van der Waals surface area (Å²) in [6.45, 7) is 6.19. The van der Waals surface area contributed by atoms with Crippen LogP contribution >= 0.6 is 0 Å². The summed E-state index contributed by atoms with van der Waals surface area (Å²) in [5, 5.41) is 10.6. The number of nitrogens with one attached hydrogen (secondary N) is 2. The second-order valence-corrected chi connectivity index (χ2v) is 7.22. The summed E-state index contributed by atoms with van der Waals surface area (Å²) < 4.78 is 0. The van der Waals surface area contributed by atoms with Gasteiger partial charge in [0, 0.05) is 18.2 Å². The first kappa shape index (κ1) is 22.2. The van der Waals surface area contributed by atoms with Crippen molar-refractivity contribution in [3.63, 3.8) is 0 Å². The van der Waals surface area contributed by atoms with Gasteiger partial charge in [-0.25, -0.2) is 4.79 Å². The summed E-state index contributed by atoms with van der Waals surface area (Å²) in [6, 6.07) is 10.4. The average Bonchev–Trinajstić information content (AvgIpc) is 2.79. The molecule has 0 radical (unpaired) electrons. The lowest BCUT2D eigenvalue weighted by Gasteiger charge is -2.29. The maximum absolute atomic E-state index is 10.8. The molecule has 5 N–H and O–H groups in total. The van der Waals surface area contributed by atoms with Crippen molar-refractivity contribution in [2.45, 2.75) is 19.8 Å². The minimum absolute atomic E-state index is 0.145. The molecule has 6 nitrogen and oxygen atoms in total. The van der Waals surface area contributed by atoms with E-state index in [-0.39, 0.29) is 5.92 Å². The van der Waals surface area contributed by atoms with Crippen LogP contribution in [0.25, 0.3) is 5.57 Å². The van der Waals surface area contributed by atoms with Crippen LogP contribution in [0.1, 0.15) is 25.3 Å². The summed E-state index contributed by atoms with van der Waals surface area (Å²) >= 11 is 0. The highest BCUT2D eigenvalue weighted by Gasteiger charge is 2.23. The highest BCUT2D eigenvalue weighted by Crippen LogP contribution is 2.38. The zero-order chi connectivity index (χ0) is 22.2. The molecule has 0 amide bonds. The molecule has 0 aromatic heterocycles. The number of nitrogens with two attached hydrogens (primary N) is 1. The Hall–Kier alpha value is -3.45. The molecule has 1 aliphatic carbocycles. The molecule has 0 saturated heterocycles. The molecular weight excluding hydrogens is 388 g/mol. The van der Waals surface area contributed by atoms with E-state index in [9.17, 15) is 4.79 Å². The number of hydrogen-bond acceptors (Lipinski definition) is 5. The first-order chi connectivity index (χ1) is 15.0. The van der Waals surface area contributed by atoms with Gasteiger partial charge in [-0.2, -0.15) is 11.1 Å². The molecule has 3 rings (SSSR count). The largest absolute Gasteiger partial charge is 0.478 e. The van der Waals surface area contributed by atoms with Crippen LogP contribution in [0.5, 0.6) is 0 Å². The predicted molar refractivity (Wildman–Crippen MR) is 124 cm³/mol. The van der Waals surface area contributed by atoms with Crippen molar-refractivity contribution in [2.75, 3.05) is 0 Å². The second kappa shape index (κ2) is 10.5. The van der Waals surface area contributed by atoms with Gasteiger partial charge in [0.1, 0.15) is 0 Å². The van der Waals surface area contributed by atoms with E-state index in [2.05, 4.69) is 54.9 Å². The normalized spacial score (nSPS) is 19.4. The number of benzene rings is 1. The molecule has 1 heterocycles. The Bertz CT molecular complexity index is 1010. The average molecular weight is 417 g/mol. The van der Waals surface area contributed by atoms with Gasteiger partial charge in [-0.05, 0) is 52.8 Å². The Morgan fingerprint density at radius 3 is 2.68 bits per heavy atom. The van der Waals surface area contributed by atoms with Gasteiger partial charge in [0.05, 0.1) is 5.70 Å². The topological polar surface area (TPSA) is 90.6 Å². The molecule has 1 aromatic carbocycles. The molecule has 31 heavy (non-hydrogen) atoms. The van der Waals surface area contributed by atoms with E-state index in [1.807, 2.05) is 36.6 Å². The fourth-order valence-corrected chi connectivity index (χ4v) is 3.81. The lowest BCUT2D eigenvalue weighted by Crippen LogP contribution is -2.47. The van der Waals surface area contributed by atoms with E-state index in [4.69, 9.17) is 10.9 Å². The van der Waals surface area contributed by atoms with Crippen LogP contribution in [-0.2, 0) is 4.79 Å². The molecule has 1 unspecified atom stereocenters. The Morgan fingerprint density at radius 2 is 2.06 bits per heavy atom. The molecule has 0 bridgehead atoms. The van der Waals surface area contributed by atoms with Crippen LogP contribution in [0.4, 0.5) is 0 Å². The van der Waals surface area contributed by atoms with Crippen LogP contribution in [0, 0.1) is 5.92 Å². The van der Waals surface area contributed by atoms with Crippen LogP contribution in [-0.4, -0.2) is 16.1 Å². The molecule has 1 aromatic rings. The Morgan fingerprint density at radius 1 is 1.29 bits per heavy atom. The quantitative estimate of drug-likeness (QED) is 0.289. The molecular formula is C25H28N4O2. The summed E-state index contributed by atoms with van der Waals surface area (Å²) in [6.07, 6.45) is 16.6. The monoisotopic (exact) mass is 416 g/mol. The van der Waals surface area contributed by atoms with Gasteiger partial charge in [0.25, 0.3) is 0 Å². The van der Waals surface area contributed by atoms with Crippen molar-refractivity contribution in [2.24, 2.45) is 11.8 Å². The zero-order valence-corrected chi connectivity index (χ0v) is 17.6. The molecule has 1 atom stereocenters. The number of carboxylic acids is 1. The van der Waals surface area contributed by atoms with Gasteiger partial charge in [-0.3, -0.25) is 10.9 Å². The smallest absolute Gasteiger partial charge is 0.328 e. The van der Waals surface area contributed by atoms with E-state index in [1.54, 1.807) is 11.1 Å². The standard InChI is InChI=1S/C25H28N4O2/c1-3-23(20-7-5-4-6-8-20)25(22-13-9-18(2)29(17-22)28-27-26)21-14-10-19(11-15-21)12-16-24(30)31/h4-14,16-17,21,27-28H,2-3,15,26H2,1H3,(H,30,31)/b16-12+,25-23+. The van der Waals surface area contributed by atoms with E-state index in [0.29, 0.717) is 0 Å². The fourth-order valence-electron chi connectivity index (χ4n) is 3.81. The summed E-state index contributed by atoms with van der Waals surface area (Å²) in [5.41, 5.74) is 11.7. The Balaban J connectivity index is 2.05. The van der Waals surface area contributed by atoms with Crippen LogP contribution in [0.3, 0.4) is 0 Å². The van der Waals surface area contributed by atoms with Crippen molar-refractivity contribution in [1.29, 1.82) is 0 Å². The number of allylic oxidation sites excluding steroid dienone is 10. The lowest BCUT2D eigenvalue weighted by molar-refractivity contribution is -0.131. The number of nitrogens with zero attached hydrogens (tertiary/aromatic N) is 1. The lowest BCUT2D eigenvalue weighted by atomic mass is 9.80. The highest BCUT2D eigenvalue weighted by atomic mass is 16.4. The zero-order valence-electron chi connectivity index (χ0n) is 17.6. The van der Waals surface area contributed by atoms with E-state index in [1.165, 1.54) is 16.7 Å². The highest BCUT2D eigenvalue weighted by molar-refractivity contribution is 5.80. The number of carbonyl (C=O) groups is 1. The third-order valence-corrected chi connectivity index (χ3v) is 5.25. The molecule has 1 aliphatic heterocycles. The maximum Gasteiger partial charge on any atom is 0.328 e.